The standard InChI is InChI=1S/C14H23N/c1-7-8-15-14-12(5)10(3)9(2)11(4)13(14)6/h15H,7-8H2,1-6H3. The van der Waals surface area contributed by atoms with Crippen LogP contribution in [0.4, 0.5) is 5.69 Å². The first-order valence-corrected chi connectivity index (χ1v) is 5.81. The fourth-order valence-corrected chi connectivity index (χ4v) is 2.02. The molecule has 0 atom stereocenters. The molecule has 0 radical (unpaired) electrons. The van der Waals surface area contributed by atoms with Crippen molar-refractivity contribution in [2.75, 3.05) is 11.9 Å². The summed E-state index contributed by atoms with van der Waals surface area (Å²) in [5, 5.41) is 3.54. The first kappa shape index (κ1) is 12.1. The van der Waals surface area contributed by atoms with Crippen LogP contribution in [0.2, 0.25) is 0 Å². The van der Waals surface area contributed by atoms with Gasteiger partial charge in [0.15, 0.2) is 0 Å². The molecule has 0 aliphatic carbocycles. The first-order valence-electron chi connectivity index (χ1n) is 5.81. The lowest BCUT2D eigenvalue weighted by molar-refractivity contribution is 0.971. The molecule has 0 aliphatic heterocycles. The maximum absolute atomic E-state index is 3.54. The Labute approximate surface area is 93.9 Å². The molecule has 0 spiro atoms. The van der Waals surface area contributed by atoms with Crippen LogP contribution in [-0.2, 0) is 0 Å². The molecule has 1 aromatic rings. The minimum Gasteiger partial charge on any atom is -0.385 e. The summed E-state index contributed by atoms with van der Waals surface area (Å²) < 4.78 is 0. The van der Waals surface area contributed by atoms with E-state index in [1.54, 1.807) is 0 Å². The number of benzene rings is 1. The fourth-order valence-electron chi connectivity index (χ4n) is 2.02. The molecule has 1 aromatic carbocycles. The third-order valence-corrected chi connectivity index (χ3v) is 3.55. The largest absolute Gasteiger partial charge is 0.385 e. The fraction of sp³-hybridized carbons (Fsp3) is 0.571. The third kappa shape index (κ3) is 2.17. The van der Waals surface area contributed by atoms with E-state index < -0.39 is 0 Å². The Hall–Kier alpha value is -0.980. The van der Waals surface area contributed by atoms with Gasteiger partial charge < -0.3 is 5.32 Å². The van der Waals surface area contributed by atoms with Crippen molar-refractivity contribution in [1.82, 2.24) is 0 Å². The van der Waals surface area contributed by atoms with E-state index in [4.69, 9.17) is 0 Å². The van der Waals surface area contributed by atoms with Crippen molar-refractivity contribution in [3.8, 4) is 0 Å². The van der Waals surface area contributed by atoms with Crippen LogP contribution >= 0.6 is 0 Å². The second-order valence-corrected chi connectivity index (χ2v) is 4.43. The SMILES string of the molecule is CCCNc1c(C)c(C)c(C)c(C)c1C. The number of rotatable bonds is 3. The summed E-state index contributed by atoms with van der Waals surface area (Å²) in [5.41, 5.74) is 8.45. The van der Waals surface area contributed by atoms with Crippen molar-refractivity contribution in [1.29, 1.82) is 0 Å². The van der Waals surface area contributed by atoms with Gasteiger partial charge in [-0.3, -0.25) is 0 Å². The van der Waals surface area contributed by atoms with Gasteiger partial charge in [-0.15, -0.1) is 0 Å². The molecule has 0 aromatic heterocycles. The maximum Gasteiger partial charge on any atom is 0.0405 e. The Balaban J connectivity index is 3.26. The zero-order valence-corrected chi connectivity index (χ0v) is 10.9. The smallest absolute Gasteiger partial charge is 0.0405 e. The van der Waals surface area contributed by atoms with Gasteiger partial charge in [-0.2, -0.15) is 0 Å². The van der Waals surface area contributed by atoms with Gasteiger partial charge in [0.05, 0.1) is 0 Å². The highest BCUT2D eigenvalue weighted by Gasteiger charge is 2.10. The molecule has 1 N–H and O–H groups in total. The normalized spacial score (nSPS) is 10.5. The quantitative estimate of drug-likeness (QED) is 0.785. The summed E-state index contributed by atoms with van der Waals surface area (Å²) in [6.07, 6.45) is 1.17. The average molecular weight is 205 g/mol. The van der Waals surface area contributed by atoms with E-state index in [-0.39, 0.29) is 0 Å². The Morgan fingerprint density at radius 1 is 0.733 bits per heavy atom. The zero-order chi connectivity index (χ0) is 11.6. The molecule has 15 heavy (non-hydrogen) atoms. The average Bonchev–Trinajstić information content (AvgIpc) is 2.24. The molecule has 0 unspecified atom stereocenters. The number of nitrogens with one attached hydrogen (secondary N) is 1. The van der Waals surface area contributed by atoms with E-state index >= 15 is 0 Å². The Kier molecular flexibility index (Phi) is 3.78. The molecule has 1 heteroatoms. The molecule has 0 fully saturated rings. The van der Waals surface area contributed by atoms with Crippen LogP contribution in [0.3, 0.4) is 0 Å². The summed E-state index contributed by atoms with van der Waals surface area (Å²) in [6.45, 7) is 14.3. The van der Waals surface area contributed by atoms with E-state index in [1.807, 2.05) is 0 Å². The van der Waals surface area contributed by atoms with Crippen molar-refractivity contribution in [3.05, 3.63) is 27.8 Å². The molecule has 1 nitrogen and oxygen atoms in total. The first-order chi connectivity index (χ1) is 7.00. The lowest BCUT2D eigenvalue weighted by Crippen LogP contribution is -2.07. The second kappa shape index (κ2) is 4.69. The third-order valence-electron chi connectivity index (χ3n) is 3.55. The van der Waals surface area contributed by atoms with Crippen molar-refractivity contribution >= 4 is 5.69 Å². The number of anilines is 1. The van der Waals surface area contributed by atoms with E-state index in [9.17, 15) is 0 Å². The highest BCUT2D eigenvalue weighted by molar-refractivity contribution is 5.64. The van der Waals surface area contributed by atoms with Crippen molar-refractivity contribution in [2.24, 2.45) is 0 Å². The van der Waals surface area contributed by atoms with Gasteiger partial charge in [-0.25, -0.2) is 0 Å². The van der Waals surface area contributed by atoms with E-state index in [0.717, 1.165) is 6.54 Å². The van der Waals surface area contributed by atoms with Crippen molar-refractivity contribution in [3.63, 3.8) is 0 Å². The highest BCUT2D eigenvalue weighted by Crippen LogP contribution is 2.29. The molecule has 0 saturated heterocycles. The number of hydrogen-bond donors (Lipinski definition) is 1. The molecule has 0 bridgehead atoms. The van der Waals surface area contributed by atoms with Gasteiger partial charge >= 0.3 is 0 Å². The van der Waals surface area contributed by atoms with Crippen molar-refractivity contribution in [2.45, 2.75) is 48.0 Å². The monoisotopic (exact) mass is 205 g/mol. The molecule has 0 amide bonds. The molecule has 0 saturated carbocycles. The van der Waals surface area contributed by atoms with E-state index in [2.05, 4.69) is 46.9 Å². The van der Waals surface area contributed by atoms with Gasteiger partial charge in [0.25, 0.3) is 0 Å². The molecular formula is C14H23N. The minimum absolute atomic E-state index is 1.06. The van der Waals surface area contributed by atoms with Gasteiger partial charge in [0.1, 0.15) is 0 Å². The van der Waals surface area contributed by atoms with E-state index in [1.165, 1.54) is 39.9 Å². The zero-order valence-electron chi connectivity index (χ0n) is 10.9. The summed E-state index contributed by atoms with van der Waals surface area (Å²) in [4.78, 5) is 0. The molecule has 0 heterocycles. The van der Waals surface area contributed by atoms with Crippen LogP contribution in [0, 0.1) is 34.6 Å². The maximum atomic E-state index is 3.54. The Morgan fingerprint density at radius 2 is 1.13 bits per heavy atom. The highest BCUT2D eigenvalue weighted by atomic mass is 14.9. The molecular weight excluding hydrogens is 182 g/mol. The molecule has 84 valence electrons. The van der Waals surface area contributed by atoms with Gasteiger partial charge in [-0.1, -0.05) is 6.92 Å². The van der Waals surface area contributed by atoms with Crippen LogP contribution < -0.4 is 5.32 Å². The van der Waals surface area contributed by atoms with Crippen LogP contribution in [0.1, 0.15) is 41.2 Å². The molecule has 1 rings (SSSR count). The predicted molar refractivity (Wildman–Crippen MR) is 68.9 cm³/mol. The van der Waals surface area contributed by atoms with Crippen LogP contribution in [0.15, 0.2) is 0 Å². The van der Waals surface area contributed by atoms with Gasteiger partial charge in [0, 0.05) is 12.2 Å². The summed E-state index contributed by atoms with van der Waals surface area (Å²) in [6, 6.07) is 0. The van der Waals surface area contributed by atoms with Crippen LogP contribution in [0.25, 0.3) is 0 Å². The van der Waals surface area contributed by atoms with Crippen LogP contribution in [0.5, 0.6) is 0 Å². The second-order valence-electron chi connectivity index (χ2n) is 4.43. The summed E-state index contributed by atoms with van der Waals surface area (Å²) in [5.74, 6) is 0. The lowest BCUT2D eigenvalue weighted by Gasteiger charge is -2.19. The van der Waals surface area contributed by atoms with Crippen molar-refractivity contribution < 1.29 is 0 Å². The van der Waals surface area contributed by atoms with Gasteiger partial charge in [-0.05, 0) is 68.9 Å². The minimum atomic E-state index is 1.06. The topological polar surface area (TPSA) is 12.0 Å². The van der Waals surface area contributed by atoms with Crippen LogP contribution in [-0.4, -0.2) is 6.54 Å². The Morgan fingerprint density at radius 3 is 1.53 bits per heavy atom. The number of hydrogen-bond acceptors (Lipinski definition) is 1. The van der Waals surface area contributed by atoms with E-state index in [0.29, 0.717) is 0 Å². The van der Waals surface area contributed by atoms with Gasteiger partial charge in [0.2, 0.25) is 0 Å². The lowest BCUT2D eigenvalue weighted by atomic mass is 9.93. The Bertz CT molecular complexity index is 335. The summed E-state index contributed by atoms with van der Waals surface area (Å²) >= 11 is 0. The predicted octanol–water partition coefficient (Wildman–Crippen LogP) is 4.05. The molecule has 0 aliphatic rings. The summed E-state index contributed by atoms with van der Waals surface area (Å²) in [7, 11) is 0.